The highest BCUT2D eigenvalue weighted by molar-refractivity contribution is 9.10. The first-order valence-corrected chi connectivity index (χ1v) is 6.87. The fourth-order valence-electron chi connectivity index (χ4n) is 2.07. The monoisotopic (exact) mass is 362 g/mol. The lowest BCUT2D eigenvalue weighted by atomic mass is 9.97. The lowest BCUT2D eigenvalue weighted by Gasteiger charge is -2.18. The van der Waals surface area contributed by atoms with Crippen LogP contribution in [-0.2, 0) is 12.6 Å². The average molecular weight is 363 g/mol. The zero-order chi connectivity index (χ0) is 15.6. The van der Waals surface area contributed by atoms with E-state index in [1.807, 2.05) is 0 Å². The Labute approximate surface area is 127 Å². The predicted octanol–water partition coefficient (Wildman–Crippen LogP) is 4.88. The van der Waals surface area contributed by atoms with Crippen molar-refractivity contribution in [1.29, 1.82) is 0 Å². The third kappa shape index (κ3) is 3.63. The van der Waals surface area contributed by atoms with Gasteiger partial charge in [-0.25, -0.2) is 4.39 Å². The van der Waals surface area contributed by atoms with Gasteiger partial charge in [0.1, 0.15) is 5.82 Å². The van der Waals surface area contributed by atoms with Gasteiger partial charge in [0, 0.05) is 6.42 Å². The molecule has 0 radical (unpaired) electrons. The number of hydrogen-bond donors (Lipinski definition) is 1. The van der Waals surface area contributed by atoms with Gasteiger partial charge in [0.2, 0.25) is 0 Å². The van der Waals surface area contributed by atoms with Gasteiger partial charge >= 0.3 is 6.18 Å². The van der Waals surface area contributed by atoms with E-state index in [-0.39, 0.29) is 16.5 Å². The minimum Gasteiger partial charge on any atom is -0.388 e. The van der Waals surface area contributed by atoms with Crippen LogP contribution < -0.4 is 0 Å². The topological polar surface area (TPSA) is 20.2 Å². The molecule has 0 aliphatic carbocycles. The summed E-state index contributed by atoms with van der Waals surface area (Å²) in [4.78, 5) is 0. The maximum absolute atomic E-state index is 13.4. The summed E-state index contributed by atoms with van der Waals surface area (Å²) in [6, 6.07) is 9.04. The highest BCUT2D eigenvalue weighted by atomic mass is 79.9. The fourth-order valence-corrected chi connectivity index (χ4v) is 2.50. The van der Waals surface area contributed by atoms with E-state index in [4.69, 9.17) is 0 Å². The molecule has 1 unspecified atom stereocenters. The van der Waals surface area contributed by atoms with Gasteiger partial charge in [-0.05, 0) is 39.2 Å². The second-order valence-corrected chi connectivity index (χ2v) is 5.31. The van der Waals surface area contributed by atoms with E-state index in [2.05, 4.69) is 15.9 Å². The van der Waals surface area contributed by atoms with Crippen molar-refractivity contribution in [1.82, 2.24) is 0 Å². The molecule has 0 heterocycles. The van der Waals surface area contributed by atoms with E-state index in [1.165, 1.54) is 30.3 Å². The maximum atomic E-state index is 13.4. The Balaban J connectivity index is 2.33. The van der Waals surface area contributed by atoms with Crippen molar-refractivity contribution in [3.05, 3.63) is 69.4 Å². The third-order valence-corrected chi connectivity index (χ3v) is 3.96. The summed E-state index contributed by atoms with van der Waals surface area (Å²) in [6.45, 7) is 0. The van der Waals surface area contributed by atoms with E-state index in [0.717, 1.165) is 6.07 Å². The molecule has 1 N–H and O–H groups in total. The SMILES string of the molecule is OC(Cc1cccc(F)c1Br)c1ccccc1C(F)(F)F. The first-order valence-electron chi connectivity index (χ1n) is 6.07. The number of alkyl halides is 3. The van der Waals surface area contributed by atoms with Crippen LogP contribution in [0.25, 0.3) is 0 Å². The Bertz CT molecular complexity index is 640. The van der Waals surface area contributed by atoms with Gasteiger partial charge < -0.3 is 5.11 Å². The molecule has 1 nitrogen and oxygen atoms in total. The van der Waals surface area contributed by atoms with Crippen LogP contribution in [0.3, 0.4) is 0 Å². The second kappa shape index (κ2) is 6.15. The molecule has 112 valence electrons. The van der Waals surface area contributed by atoms with E-state index >= 15 is 0 Å². The van der Waals surface area contributed by atoms with Crippen molar-refractivity contribution >= 4 is 15.9 Å². The summed E-state index contributed by atoms with van der Waals surface area (Å²) in [6.07, 6.45) is -6.04. The Morgan fingerprint density at radius 3 is 2.38 bits per heavy atom. The molecule has 1 atom stereocenters. The Hall–Kier alpha value is -1.40. The van der Waals surface area contributed by atoms with Crippen LogP contribution in [0.15, 0.2) is 46.9 Å². The molecule has 6 heteroatoms. The van der Waals surface area contributed by atoms with Gasteiger partial charge in [-0.2, -0.15) is 13.2 Å². The normalized spacial score (nSPS) is 13.2. The summed E-state index contributed by atoms with van der Waals surface area (Å²) >= 11 is 3.03. The van der Waals surface area contributed by atoms with Crippen LogP contribution in [0.2, 0.25) is 0 Å². The van der Waals surface area contributed by atoms with E-state index < -0.39 is 23.7 Å². The van der Waals surface area contributed by atoms with E-state index in [1.54, 1.807) is 6.07 Å². The molecule has 0 aliphatic heterocycles. The highest BCUT2D eigenvalue weighted by Gasteiger charge is 2.34. The number of aliphatic hydroxyl groups is 1. The van der Waals surface area contributed by atoms with Crippen molar-refractivity contribution in [2.75, 3.05) is 0 Å². The Morgan fingerprint density at radius 1 is 1.05 bits per heavy atom. The number of benzene rings is 2. The summed E-state index contributed by atoms with van der Waals surface area (Å²) in [5.41, 5.74) is -0.703. The molecule has 0 aromatic heterocycles. The standard InChI is InChI=1S/C15H11BrF4O/c16-14-9(4-3-7-12(14)17)8-13(21)10-5-1-2-6-11(10)15(18,19)20/h1-7,13,21H,8H2. The zero-order valence-corrected chi connectivity index (χ0v) is 12.2. The molecule has 0 amide bonds. The van der Waals surface area contributed by atoms with E-state index in [0.29, 0.717) is 5.56 Å². The van der Waals surface area contributed by atoms with Crippen LogP contribution in [0.5, 0.6) is 0 Å². The second-order valence-electron chi connectivity index (χ2n) is 4.52. The smallest absolute Gasteiger partial charge is 0.388 e. The Kier molecular flexibility index (Phi) is 4.68. The predicted molar refractivity (Wildman–Crippen MR) is 74.2 cm³/mol. The minimum atomic E-state index is -4.54. The van der Waals surface area contributed by atoms with E-state index in [9.17, 15) is 22.7 Å². The van der Waals surface area contributed by atoms with Gasteiger partial charge in [-0.1, -0.05) is 30.3 Å². The molecule has 21 heavy (non-hydrogen) atoms. The molecule has 0 saturated heterocycles. The van der Waals surface area contributed by atoms with Gasteiger partial charge in [0.25, 0.3) is 0 Å². The first kappa shape index (κ1) is 16.0. The van der Waals surface area contributed by atoms with Crippen molar-refractivity contribution in [3.8, 4) is 0 Å². The van der Waals surface area contributed by atoms with Crippen molar-refractivity contribution < 1.29 is 22.7 Å². The molecule has 0 saturated carbocycles. The number of aliphatic hydroxyl groups excluding tert-OH is 1. The number of halogens is 5. The molecular formula is C15H11BrF4O. The Morgan fingerprint density at radius 2 is 1.71 bits per heavy atom. The zero-order valence-electron chi connectivity index (χ0n) is 10.7. The highest BCUT2D eigenvalue weighted by Crippen LogP contribution is 2.36. The molecule has 0 spiro atoms. The molecule has 2 rings (SSSR count). The van der Waals surface area contributed by atoms with Crippen LogP contribution in [-0.4, -0.2) is 5.11 Å². The summed E-state index contributed by atoms with van der Waals surface area (Å²) in [5.74, 6) is -0.524. The van der Waals surface area contributed by atoms with Gasteiger partial charge in [0.05, 0.1) is 16.1 Å². The fraction of sp³-hybridized carbons (Fsp3) is 0.200. The minimum absolute atomic E-state index is 0.120. The van der Waals surface area contributed by atoms with Gasteiger partial charge in [-0.15, -0.1) is 0 Å². The van der Waals surface area contributed by atoms with Crippen molar-refractivity contribution in [2.45, 2.75) is 18.7 Å². The largest absolute Gasteiger partial charge is 0.416 e. The summed E-state index contributed by atoms with van der Waals surface area (Å²) in [5, 5.41) is 10.1. The van der Waals surface area contributed by atoms with Crippen molar-refractivity contribution in [2.24, 2.45) is 0 Å². The first-order chi connectivity index (χ1) is 9.80. The molecule has 0 bridgehead atoms. The van der Waals surface area contributed by atoms with Crippen molar-refractivity contribution in [3.63, 3.8) is 0 Å². The lowest BCUT2D eigenvalue weighted by molar-refractivity contribution is -0.139. The summed E-state index contributed by atoms with van der Waals surface area (Å²) < 4.78 is 52.3. The van der Waals surface area contributed by atoms with Crippen LogP contribution >= 0.6 is 15.9 Å². The molecule has 0 fully saturated rings. The average Bonchev–Trinajstić information content (AvgIpc) is 2.43. The third-order valence-electron chi connectivity index (χ3n) is 3.07. The molecule has 2 aromatic carbocycles. The van der Waals surface area contributed by atoms with Gasteiger partial charge in [0.15, 0.2) is 0 Å². The molecule has 0 aliphatic rings. The van der Waals surface area contributed by atoms with Crippen LogP contribution in [0.4, 0.5) is 17.6 Å². The molecule has 2 aromatic rings. The van der Waals surface area contributed by atoms with Gasteiger partial charge in [-0.3, -0.25) is 0 Å². The quantitative estimate of drug-likeness (QED) is 0.771. The lowest BCUT2D eigenvalue weighted by Crippen LogP contribution is -2.13. The summed E-state index contributed by atoms with van der Waals surface area (Å²) in [7, 11) is 0. The molecular weight excluding hydrogens is 352 g/mol. The van der Waals surface area contributed by atoms with Crippen LogP contribution in [0, 0.1) is 5.82 Å². The number of hydrogen-bond acceptors (Lipinski definition) is 1. The number of rotatable bonds is 3. The van der Waals surface area contributed by atoms with Crippen LogP contribution in [0.1, 0.15) is 22.8 Å². The maximum Gasteiger partial charge on any atom is 0.416 e.